The van der Waals surface area contributed by atoms with Gasteiger partial charge in [0.1, 0.15) is 11.5 Å². The van der Waals surface area contributed by atoms with Crippen LogP contribution in [0.1, 0.15) is 0 Å². The highest BCUT2D eigenvalue weighted by Crippen LogP contribution is 2.36. The number of rotatable bonds is 4. The van der Waals surface area contributed by atoms with Crippen LogP contribution in [0.3, 0.4) is 0 Å². The molecule has 0 unspecified atom stereocenters. The second-order valence-corrected chi connectivity index (χ2v) is 4.45. The summed E-state index contributed by atoms with van der Waals surface area (Å²) in [5.74, 6) is 1.61. The van der Waals surface area contributed by atoms with E-state index in [0.717, 1.165) is 5.39 Å². The third-order valence-corrected chi connectivity index (χ3v) is 3.13. The average molecular weight is 300 g/mol. The predicted octanol–water partition coefficient (Wildman–Crippen LogP) is 3.58. The summed E-state index contributed by atoms with van der Waals surface area (Å²) in [6, 6.07) is 8.02. The van der Waals surface area contributed by atoms with Crippen molar-refractivity contribution in [1.29, 1.82) is 0 Å². The third kappa shape index (κ3) is 2.63. The summed E-state index contributed by atoms with van der Waals surface area (Å²) in [7, 11) is 3.12. The first-order valence-electron chi connectivity index (χ1n) is 6.51. The normalized spacial score (nSPS) is 10.5. The van der Waals surface area contributed by atoms with Crippen molar-refractivity contribution in [3.05, 3.63) is 48.7 Å². The van der Waals surface area contributed by atoms with Crippen LogP contribution in [0, 0.1) is 5.95 Å². The quantitative estimate of drug-likeness (QED) is 0.689. The van der Waals surface area contributed by atoms with Gasteiger partial charge in [-0.05, 0) is 24.3 Å². The zero-order valence-corrected chi connectivity index (χ0v) is 12.0. The molecule has 2 aromatic heterocycles. The minimum absolute atomic E-state index is 0.434. The van der Waals surface area contributed by atoms with Gasteiger partial charge in [0.2, 0.25) is 5.95 Å². The Morgan fingerprint density at radius 2 is 1.68 bits per heavy atom. The summed E-state index contributed by atoms with van der Waals surface area (Å²) in [5, 5.41) is 0.754. The molecule has 22 heavy (non-hydrogen) atoms. The van der Waals surface area contributed by atoms with Crippen LogP contribution in [0.15, 0.2) is 42.7 Å². The van der Waals surface area contributed by atoms with Crippen molar-refractivity contribution in [1.82, 2.24) is 9.97 Å². The van der Waals surface area contributed by atoms with Gasteiger partial charge in [-0.15, -0.1) is 0 Å². The molecule has 5 nitrogen and oxygen atoms in total. The number of hydrogen-bond donors (Lipinski definition) is 0. The molecule has 6 heteroatoms. The predicted molar refractivity (Wildman–Crippen MR) is 79.1 cm³/mol. The number of fused-ring (bicyclic) bond motifs is 1. The highest BCUT2D eigenvalue weighted by atomic mass is 19.1. The van der Waals surface area contributed by atoms with E-state index in [4.69, 9.17) is 14.2 Å². The van der Waals surface area contributed by atoms with Gasteiger partial charge in [0.25, 0.3) is 0 Å². The molecule has 0 aliphatic carbocycles. The molecule has 0 aliphatic heterocycles. The van der Waals surface area contributed by atoms with Crippen LogP contribution in [0.2, 0.25) is 0 Å². The van der Waals surface area contributed by atoms with Crippen molar-refractivity contribution in [2.45, 2.75) is 0 Å². The van der Waals surface area contributed by atoms with Gasteiger partial charge in [-0.25, -0.2) is 4.98 Å². The monoisotopic (exact) mass is 300 g/mol. The number of aromatic nitrogens is 2. The summed E-state index contributed by atoms with van der Waals surface area (Å²) in [6.45, 7) is 0. The van der Waals surface area contributed by atoms with E-state index in [0.29, 0.717) is 28.5 Å². The number of hydrogen-bond acceptors (Lipinski definition) is 5. The molecular formula is C16H13FN2O3. The maximum Gasteiger partial charge on any atom is 0.213 e. The molecule has 0 radical (unpaired) electrons. The molecule has 0 aliphatic rings. The van der Waals surface area contributed by atoms with E-state index in [-0.39, 0.29) is 0 Å². The third-order valence-electron chi connectivity index (χ3n) is 3.13. The fourth-order valence-corrected chi connectivity index (χ4v) is 2.09. The number of halogens is 1. The van der Waals surface area contributed by atoms with Crippen molar-refractivity contribution in [3.63, 3.8) is 0 Å². The number of nitrogens with zero attached hydrogens (tertiary/aromatic N) is 2. The van der Waals surface area contributed by atoms with E-state index in [9.17, 15) is 4.39 Å². The fourth-order valence-electron chi connectivity index (χ4n) is 2.09. The number of methoxy groups -OCH3 is 2. The molecular weight excluding hydrogens is 287 g/mol. The second-order valence-electron chi connectivity index (χ2n) is 4.45. The Kier molecular flexibility index (Phi) is 3.74. The lowest BCUT2D eigenvalue weighted by Gasteiger charge is -2.12. The van der Waals surface area contributed by atoms with Gasteiger partial charge >= 0.3 is 0 Å². The molecule has 0 fully saturated rings. The van der Waals surface area contributed by atoms with Crippen LogP contribution in [0.5, 0.6) is 23.0 Å². The van der Waals surface area contributed by atoms with Crippen molar-refractivity contribution in [3.8, 4) is 23.0 Å². The first-order chi connectivity index (χ1) is 10.7. The van der Waals surface area contributed by atoms with E-state index in [1.54, 1.807) is 38.6 Å². The van der Waals surface area contributed by atoms with Crippen LogP contribution >= 0.6 is 0 Å². The number of ether oxygens (including phenoxy) is 3. The molecule has 3 aromatic rings. The van der Waals surface area contributed by atoms with Gasteiger partial charge in [0, 0.05) is 17.6 Å². The van der Waals surface area contributed by atoms with Crippen molar-refractivity contribution in [2.75, 3.05) is 14.2 Å². The van der Waals surface area contributed by atoms with Gasteiger partial charge in [-0.2, -0.15) is 4.39 Å². The fraction of sp³-hybridized carbons (Fsp3) is 0.125. The van der Waals surface area contributed by atoms with Crippen LogP contribution in [0.25, 0.3) is 10.9 Å². The Bertz CT molecular complexity index is 806. The maximum absolute atomic E-state index is 12.9. The lowest BCUT2D eigenvalue weighted by molar-refractivity contribution is 0.355. The zero-order chi connectivity index (χ0) is 15.5. The molecule has 2 heterocycles. The second kappa shape index (κ2) is 5.85. The Morgan fingerprint density at radius 1 is 0.909 bits per heavy atom. The molecule has 0 amide bonds. The SMILES string of the molecule is COc1cc2nccc(Oc3ccc(F)nc3)c2cc1OC. The molecule has 1 aromatic carbocycles. The summed E-state index contributed by atoms with van der Waals surface area (Å²) in [5.41, 5.74) is 0.699. The van der Waals surface area contributed by atoms with Crippen LogP contribution in [-0.4, -0.2) is 24.2 Å². The first-order valence-corrected chi connectivity index (χ1v) is 6.51. The molecule has 0 saturated carbocycles. The summed E-state index contributed by atoms with van der Waals surface area (Å²) in [4.78, 5) is 7.85. The first kappa shape index (κ1) is 14.1. The van der Waals surface area contributed by atoms with Crippen LogP contribution in [0.4, 0.5) is 4.39 Å². The van der Waals surface area contributed by atoms with Gasteiger partial charge in [0.05, 0.1) is 25.9 Å². The zero-order valence-electron chi connectivity index (χ0n) is 12.0. The molecule has 3 rings (SSSR count). The minimum Gasteiger partial charge on any atom is -0.493 e. The van der Waals surface area contributed by atoms with Crippen LogP contribution < -0.4 is 14.2 Å². The van der Waals surface area contributed by atoms with Crippen molar-refractivity contribution < 1.29 is 18.6 Å². The Labute approximate surface area is 126 Å². The van der Waals surface area contributed by atoms with Gasteiger partial charge in [-0.3, -0.25) is 4.98 Å². The Hall–Kier alpha value is -2.89. The molecule has 0 atom stereocenters. The molecule has 0 saturated heterocycles. The largest absolute Gasteiger partial charge is 0.493 e. The standard InChI is InChI=1S/C16H13FN2O3/c1-20-14-7-11-12(8-15(14)21-2)18-6-5-13(11)22-10-3-4-16(17)19-9-10/h3-9H,1-2H3. The summed E-state index contributed by atoms with van der Waals surface area (Å²) in [6.07, 6.45) is 2.95. The minimum atomic E-state index is -0.557. The maximum atomic E-state index is 12.9. The molecule has 0 spiro atoms. The summed E-state index contributed by atoms with van der Waals surface area (Å²) < 4.78 is 29.2. The highest BCUT2D eigenvalue weighted by Gasteiger charge is 2.11. The lowest BCUT2D eigenvalue weighted by Crippen LogP contribution is -1.93. The Balaban J connectivity index is 2.07. The topological polar surface area (TPSA) is 53.5 Å². The van der Waals surface area contributed by atoms with E-state index in [1.807, 2.05) is 0 Å². The molecule has 112 valence electrons. The van der Waals surface area contributed by atoms with E-state index < -0.39 is 5.95 Å². The summed E-state index contributed by atoms with van der Waals surface area (Å²) >= 11 is 0. The lowest BCUT2D eigenvalue weighted by atomic mass is 10.2. The molecule has 0 bridgehead atoms. The van der Waals surface area contributed by atoms with Crippen LogP contribution in [-0.2, 0) is 0 Å². The number of benzene rings is 1. The number of pyridine rings is 2. The molecule has 0 N–H and O–H groups in total. The smallest absolute Gasteiger partial charge is 0.213 e. The highest BCUT2D eigenvalue weighted by molar-refractivity contribution is 5.88. The van der Waals surface area contributed by atoms with E-state index >= 15 is 0 Å². The van der Waals surface area contributed by atoms with Gasteiger partial charge < -0.3 is 14.2 Å². The van der Waals surface area contributed by atoms with Gasteiger partial charge in [0.15, 0.2) is 11.5 Å². The van der Waals surface area contributed by atoms with Crippen molar-refractivity contribution >= 4 is 10.9 Å². The Morgan fingerprint density at radius 3 is 2.36 bits per heavy atom. The van der Waals surface area contributed by atoms with E-state index in [2.05, 4.69) is 9.97 Å². The van der Waals surface area contributed by atoms with Gasteiger partial charge in [-0.1, -0.05) is 0 Å². The average Bonchev–Trinajstić information content (AvgIpc) is 2.56. The van der Waals surface area contributed by atoms with Crippen molar-refractivity contribution in [2.24, 2.45) is 0 Å². The van der Waals surface area contributed by atoms with E-state index in [1.165, 1.54) is 18.3 Å².